The third kappa shape index (κ3) is 4.08. The molecular formula is C20H19N3O3. The van der Waals surface area contributed by atoms with Gasteiger partial charge >= 0.3 is 0 Å². The third-order valence-electron chi connectivity index (χ3n) is 4.15. The molecule has 1 saturated heterocycles. The number of amides is 2. The molecule has 1 aliphatic heterocycles. The summed E-state index contributed by atoms with van der Waals surface area (Å²) >= 11 is 0. The molecule has 1 fully saturated rings. The lowest BCUT2D eigenvalue weighted by molar-refractivity contribution is -0.0124. The Balaban J connectivity index is 1.73. The van der Waals surface area contributed by atoms with Crippen LogP contribution in [0.25, 0.3) is 0 Å². The van der Waals surface area contributed by atoms with Gasteiger partial charge in [0, 0.05) is 29.9 Å². The first-order valence-electron chi connectivity index (χ1n) is 8.39. The Morgan fingerprint density at radius 3 is 2.73 bits per heavy atom. The normalized spacial score (nSPS) is 16.6. The van der Waals surface area contributed by atoms with Crippen LogP contribution in [0.2, 0.25) is 0 Å². The number of nitrogens with one attached hydrogen (secondary N) is 1. The second kappa shape index (κ2) is 7.81. The molecule has 0 saturated carbocycles. The van der Waals surface area contributed by atoms with E-state index in [1.54, 1.807) is 47.4 Å². The van der Waals surface area contributed by atoms with Gasteiger partial charge in [0.1, 0.15) is 0 Å². The number of nitriles is 1. The van der Waals surface area contributed by atoms with Crippen molar-refractivity contribution in [2.24, 2.45) is 0 Å². The zero-order valence-corrected chi connectivity index (χ0v) is 14.4. The Bertz CT molecular complexity index is 873. The molecular weight excluding hydrogens is 330 g/mol. The predicted octanol–water partition coefficient (Wildman–Crippen LogP) is 2.67. The molecule has 2 amide bonds. The number of carbonyl (C=O) groups is 2. The lowest BCUT2D eigenvalue weighted by atomic mass is 10.1. The van der Waals surface area contributed by atoms with Crippen LogP contribution in [-0.4, -0.2) is 42.5 Å². The van der Waals surface area contributed by atoms with Gasteiger partial charge in [-0.2, -0.15) is 5.26 Å². The van der Waals surface area contributed by atoms with E-state index in [0.717, 1.165) is 0 Å². The van der Waals surface area contributed by atoms with Crippen LogP contribution >= 0.6 is 0 Å². The van der Waals surface area contributed by atoms with Gasteiger partial charge in [0.05, 0.1) is 24.3 Å². The van der Waals surface area contributed by atoms with Crippen molar-refractivity contribution in [2.75, 3.05) is 25.0 Å². The Morgan fingerprint density at radius 2 is 1.96 bits per heavy atom. The van der Waals surface area contributed by atoms with E-state index in [9.17, 15) is 9.59 Å². The molecule has 0 aromatic heterocycles. The van der Waals surface area contributed by atoms with E-state index >= 15 is 0 Å². The molecule has 0 bridgehead atoms. The quantitative estimate of drug-likeness (QED) is 0.923. The fourth-order valence-corrected chi connectivity index (χ4v) is 2.85. The van der Waals surface area contributed by atoms with Gasteiger partial charge in [0.2, 0.25) is 0 Å². The van der Waals surface area contributed by atoms with E-state index in [4.69, 9.17) is 10.00 Å². The van der Waals surface area contributed by atoms with E-state index in [-0.39, 0.29) is 17.9 Å². The van der Waals surface area contributed by atoms with Crippen molar-refractivity contribution in [2.45, 2.75) is 13.0 Å². The molecule has 6 nitrogen and oxygen atoms in total. The van der Waals surface area contributed by atoms with Crippen LogP contribution in [0.5, 0.6) is 0 Å². The molecule has 0 spiro atoms. The highest BCUT2D eigenvalue weighted by atomic mass is 16.5. The SMILES string of the molecule is CC1CN(C(=O)c2cccc(NC(=O)c3cccc(C#N)c3)c2)CCO1. The number of morpholine rings is 1. The summed E-state index contributed by atoms with van der Waals surface area (Å²) in [5, 5.41) is 11.7. The van der Waals surface area contributed by atoms with Gasteiger partial charge in [-0.15, -0.1) is 0 Å². The Hall–Kier alpha value is -3.17. The van der Waals surface area contributed by atoms with Gasteiger partial charge in [-0.05, 0) is 43.3 Å². The maximum atomic E-state index is 12.7. The second-order valence-electron chi connectivity index (χ2n) is 6.16. The maximum Gasteiger partial charge on any atom is 0.255 e. The zero-order valence-electron chi connectivity index (χ0n) is 14.4. The van der Waals surface area contributed by atoms with Gasteiger partial charge < -0.3 is 15.0 Å². The first-order chi connectivity index (χ1) is 12.6. The minimum absolute atomic E-state index is 0.0167. The van der Waals surface area contributed by atoms with Gasteiger partial charge in [0.25, 0.3) is 11.8 Å². The number of ether oxygens (including phenoxy) is 1. The van der Waals surface area contributed by atoms with E-state index in [1.165, 1.54) is 6.07 Å². The molecule has 2 aromatic carbocycles. The van der Waals surface area contributed by atoms with E-state index < -0.39 is 0 Å². The summed E-state index contributed by atoms with van der Waals surface area (Å²) in [6.07, 6.45) is 0.0167. The summed E-state index contributed by atoms with van der Waals surface area (Å²) in [6, 6.07) is 15.3. The number of benzene rings is 2. The molecule has 2 aromatic rings. The summed E-state index contributed by atoms with van der Waals surface area (Å²) < 4.78 is 5.46. The van der Waals surface area contributed by atoms with Crippen LogP contribution in [0.1, 0.15) is 33.2 Å². The molecule has 26 heavy (non-hydrogen) atoms. The summed E-state index contributed by atoms with van der Waals surface area (Å²) in [5.41, 5.74) is 1.86. The monoisotopic (exact) mass is 349 g/mol. The maximum absolute atomic E-state index is 12.7. The number of anilines is 1. The minimum Gasteiger partial charge on any atom is -0.375 e. The molecule has 1 unspecified atom stereocenters. The molecule has 132 valence electrons. The first-order valence-corrected chi connectivity index (χ1v) is 8.39. The third-order valence-corrected chi connectivity index (χ3v) is 4.15. The Kier molecular flexibility index (Phi) is 5.30. The summed E-state index contributed by atoms with van der Waals surface area (Å²) in [6.45, 7) is 3.57. The van der Waals surface area contributed by atoms with Gasteiger partial charge in [-0.1, -0.05) is 12.1 Å². The molecule has 0 aliphatic carbocycles. The molecule has 3 rings (SSSR count). The van der Waals surface area contributed by atoms with Crippen LogP contribution in [0, 0.1) is 11.3 Å². The van der Waals surface area contributed by atoms with Gasteiger partial charge in [0.15, 0.2) is 0 Å². The van der Waals surface area contributed by atoms with Gasteiger partial charge in [-0.3, -0.25) is 9.59 Å². The van der Waals surface area contributed by atoms with E-state index in [2.05, 4.69) is 5.32 Å². The highest BCUT2D eigenvalue weighted by Gasteiger charge is 2.22. The first kappa shape index (κ1) is 17.6. The van der Waals surface area contributed by atoms with Crippen molar-refractivity contribution in [3.8, 4) is 6.07 Å². The fraction of sp³-hybridized carbons (Fsp3) is 0.250. The number of carbonyl (C=O) groups excluding carboxylic acids is 2. The van der Waals surface area contributed by atoms with Crippen molar-refractivity contribution in [1.82, 2.24) is 4.90 Å². The molecule has 1 aliphatic rings. The number of hydrogen-bond acceptors (Lipinski definition) is 4. The lowest BCUT2D eigenvalue weighted by Crippen LogP contribution is -2.44. The van der Waals surface area contributed by atoms with Crippen molar-refractivity contribution in [1.29, 1.82) is 5.26 Å². The largest absolute Gasteiger partial charge is 0.375 e. The zero-order chi connectivity index (χ0) is 18.5. The number of rotatable bonds is 3. The van der Waals surface area contributed by atoms with Crippen molar-refractivity contribution in [3.05, 3.63) is 65.2 Å². The smallest absolute Gasteiger partial charge is 0.255 e. The van der Waals surface area contributed by atoms with Crippen molar-refractivity contribution < 1.29 is 14.3 Å². The number of hydrogen-bond donors (Lipinski definition) is 1. The molecule has 6 heteroatoms. The summed E-state index contributed by atoms with van der Waals surface area (Å²) in [7, 11) is 0. The Morgan fingerprint density at radius 1 is 1.19 bits per heavy atom. The fourth-order valence-electron chi connectivity index (χ4n) is 2.85. The highest BCUT2D eigenvalue weighted by molar-refractivity contribution is 6.05. The van der Waals surface area contributed by atoms with Crippen molar-refractivity contribution >= 4 is 17.5 Å². The topological polar surface area (TPSA) is 82.4 Å². The predicted molar refractivity (Wildman–Crippen MR) is 96.9 cm³/mol. The average molecular weight is 349 g/mol. The molecule has 1 atom stereocenters. The molecule has 1 N–H and O–H groups in total. The van der Waals surface area contributed by atoms with E-state index in [0.29, 0.717) is 42.1 Å². The van der Waals surface area contributed by atoms with Gasteiger partial charge in [-0.25, -0.2) is 0 Å². The summed E-state index contributed by atoms with van der Waals surface area (Å²) in [4.78, 5) is 26.8. The highest BCUT2D eigenvalue weighted by Crippen LogP contribution is 2.16. The van der Waals surface area contributed by atoms with E-state index in [1.807, 2.05) is 13.0 Å². The van der Waals surface area contributed by atoms with Crippen molar-refractivity contribution in [3.63, 3.8) is 0 Å². The van der Waals surface area contributed by atoms with Crippen LogP contribution in [0.3, 0.4) is 0 Å². The molecule has 0 radical (unpaired) electrons. The lowest BCUT2D eigenvalue weighted by Gasteiger charge is -2.31. The second-order valence-corrected chi connectivity index (χ2v) is 6.16. The molecule has 1 heterocycles. The standard InChI is InChI=1S/C20H19N3O3/c1-14-13-23(8-9-26-14)20(25)17-6-3-7-18(11-17)22-19(24)16-5-2-4-15(10-16)12-21/h2-7,10-11,14H,8-9,13H2,1H3,(H,22,24). The van der Waals surface area contributed by atoms with Crippen LogP contribution in [0.4, 0.5) is 5.69 Å². The van der Waals surface area contributed by atoms with Crippen LogP contribution < -0.4 is 5.32 Å². The minimum atomic E-state index is -0.327. The average Bonchev–Trinajstić information content (AvgIpc) is 2.67. The van der Waals surface area contributed by atoms with Crippen LogP contribution in [-0.2, 0) is 4.74 Å². The number of nitrogens with zero attached hydrogens (tertiary/aromatic N) is 2. The Labute approximate surface area is 152 Å². The summed E-state index contributed by atoms with van der Waals surface area (Å²) in [5.74, 6) is -0.408. The van der Waals surface area contributed by atoms with Crippen LogP contribution in [0.15, 0.2) is 48.5 Å².